The molecule has 5 rings (SSSR count). The van der Waals surface area contributed by atoms with Crippen LogP contribution in [0.1, 0.15) is 59.9 Å². The molecule has 0 radical (unpaired) electrons. The molecule has 9 heteroatoms. The number of carbonyl (C=O) groups is 2. The second kappa shape index (κ2) is 6.96. The quantitative estimate of drug-likeness (QED) is 0.754. The van der Waals surface area contributed by atoms with Crippen LogP contribution in [0, 0.1) is 22.7 Å². The Morgan fingerprint density at radius 3 is 2.81 bits per heavy atom. The molecule has 32 heavy (non-hydrogen) atoms. The van der Waals surface area contributed by atoms with Gasteiger partial charge >= 0.3 is 6.18 Å². The fraction of sp³-hybridized carbons (Fsp3) is 0.609. The minimum atomic E-state index is -4.50. The molecule has 0 aromatic carbocycles. The van der Waals surface area contributed by atoms with E-state index in [4.69, 9.17) is 0 Å². The first kappa shape index (κ1) is 21.3. The van der Waals surface area contributed by atoms with Gasteiger partial charge in [-0.2, -0.15) is 18.3 Å². The van der Waals surface area contributed by atoms with Gasteiger partial charge in [-0.15, -0.1) is 0 Å². The Morgan fingerprint density at radius 1 is 1.28 bits per heavy atom. The van der Waals surface area contributed by atoms with Crippen LogP contribution in [0.3, 0.4) is 0 Å². The number of aromatic nitrogens is 2. The van der Waals surface area contributed by atoms with E-state index < -0.39 is 18.6 Å². The zero-order valence-corrected chi connectivity index (χ0v) is 18.2. The van der Waals surface area contributed by atoms with Gasteiger partial charge in [0.05, 0.1) is 11.1 Å². The van der Waals surface area contributed by atoms with Crippen LogP contribution in [0.25, 0.3) is 5.52 Å². The fourth-order valence-electron chi connectivity index (χ4n) is 6.68. The average molecular weight is 448 g/mol. The Hall–Kier alpha value is -2.58. The summed E-state index contributed by atoms with van der Waals surface area (Å²) < 4.78 is 39.3. The molecule has 4 atom stereocenters. The van der Waals surface area contributed by atoms with Crippen molar-refractivity contribution in [2.75, 3.05) is 20.1 Å². The Labute approximate surface area is 184 Å². The molecule has 2 heterocycles. The molecule has 0 aliphatic heterocycles. The molecule has 6 nitrogen and oxygen atoms in total. The van der Waals surface area contributed by atoms with Crippen molar-refractivity contribution in [3.05, 3.63) is 35.7 Å². The lowest BCUT2D eigenvalue weighted by Gasteiger charge is -2.40. The number of pyridine rings is 1. The lowest BCUT2D eigenvalue weighted by molar-refractivity contribution is -0.138. The Bertz CT molecular complexity index is 1090. The highest BCUT2D eigenvalue weighted by atomic mass is 19.4. The maximum atomic E-state index is 13.0. The van der Waals surface area contributed by atoms with Crippen molar-refractivity contribution >= 4 is 17.3 Å². The van der Waals surface area contributed by atoms with E-state index in [1.54, 1.807) is 18.3 Å². The highest BCUT2D eigenvalue weighted by Gasteiger charge is 2.67. The molecule has 4 unspecified atom stereocenters. The molecule has 172 valence electrons. The minimum Gasteiger partial charge on any atom is -0.351 e. The molecular formula is C23H27F3N4O2. The SMILES string of the molecule is CC1CC2(CNC(=O)c3cccn4nc(C(=O)N(C)CC(F)(F)F)cc34)CC3CC3(C1)C2. The van der Waals surface area contributed by atoms with Crippen LogP contribution in [-0.4, -0.2) is 52.6 Å². The third-order valence-corrected chi connectivity index (χ3v) is 7.65. The smallest absolute Gasteiger partial charge is 0.351 e. The number of fused-ring (bicyclic) bond motifs is 2. The Balaban J connectivity index is 1.32. The third-order valence-electron chi connectivity index (χ3n) is 7.65. The number of nitrogens with zero attached hydrogens (tertiary/aromatic N) is 3. The van der Waals surface area contributed by atoms with E-state index in [-0.39, 0.29) is 17.0 Å². The minimum absolute atomic E-state index is 0.130. The van der Waals surface area contributed by atoms with Crippen molar-refractivity contribution < 1.29 is 22.8 Å². The van der Waals surface area contributed by atoms with E-state index in [0.717, 1.165) is 19.4 Å². The van der Waals surface area contributed by atoms with Gasteiger partial charge in [0.25, 0.3) is 11.8 Å². The molecule has 1 N–H and O–H groups in total. The lowest BCUT2D eigenvalue weighted by Crippen LogP contribution is -2.40. The van der Waals surface area contributed by atoms with Gasteiger partial charge in [0, 0.05) is 19.8 Å². The highest BCUT2D eigenvalue weighted by molar-refractivity contribution is 6.02. The molecule has 3 saturated carbocycles. The van der Waals surface area contributed by atoms with Gasteiger partial charge in [-0.25, -0.2) is 4.52 Å². The van der Waals surface area contributed by atoms with Gasteiger partial charge in [0.15, 0.2) is 5.69 Å². The first-order chi connectivity index (χ1) is 15.0. The molecule has 0 saturated heterocycles. The predicted octanol–water partition coefficient (Wildman–Crippen LogP) is 3.91. The van der Waals surface area contributed by atoms with Crippen molar-refractivity contribution in [1.29, 1.82) is 0 Å². The van der Waals surface area contributed by atoms with Crippen LogP contribution in [0.2, 0.25) is 0 Å². The average Bonchev–Trinajstić information content (AvgIpc) is 3.06. The molecule has 3 aliphatic rings. The van der Waals surface area contributed by atoms with E-state index in [1.807, 2.05) is 0 Å². The van der Waals surface area contributed by atoms with Gasteiger partial charge in [-0.05, 0) is 73.0 Å². The molecule has 2 amide bonds. The standard InChI is InChI=1S/C23H27F3N4O2/c1-14-7-21(9-15-10-22(15,8-14)11-21)12-27-19(31)16-4-3-5-30-18(16)6-17(28-30)20(32)29(2)13-23(24,25)26/h3-6,14-15H,7-13H2,1-2H3,(H,27,31). The fourth-order valence-corrected chi connectivity index (χ4v) is 6.68. The van der Waals surface area contributed by atoms with Gasteiger partial charge in [-0.1, -0.05) is 6.92 Å². The summed E-state index contributed by atoms with van der Waals surface area (Å²) in [5.41, 5.74) is 1.31. The van der Waals surface area contributed by atoms with Crippen LogP contribution in [-0.2, 0) is 0 Å². The van der Waals surface area contributed by atoms with Crippen molar-refractivity contribution in [1.82, 2.24) is 19.8 Å². The number of nitrogens with one attached hydrogen (secondary N) is 1. The number of alkyl halides is 3. The van der Waals surface area contributed by atoms with Crippen LogP contribution >= 0.6 is 0 Å². The largest absolute Gasteiger partial charge is 0.406 e. The summed E-state index contributed by atoms with van der Waals surface area (Å²) in [5.74, 6) is 0.391. The van der Waals surface area contributed by atoms with E-state index in [2.05, 4.69) is 17.3 Å². The predicted molar refractivity (Wildman–Crippen MR) is 111 cm³/mol. The van der Waals surface area contributed by atoms with Crippen LogP contribution in [0.15, 0.2) is 24.4 Å². The van der Waals surface area contributed by atoms with Gasteiger partial charge < -0.3 is 10.2 Å². The summed E-state index contributed by atoms with van der Waals surface area (Å²) in [6.07, 6.45) is 3.22. The number of hydrogen-bond donors (Lipinski definition) is 1. The normalized spacial score (nSPS) is 30.8. The van der Waals surface area contributed by atoms with Crippen molar-refractivity contribution in [3.63, 3.8) is 0 Å². The van der Waals surface area contributed by atoms with Crippen molar-refractivity contribution in [2.24, 2.45) is 22.7 Å². The van der Waals surface area contributed by atoms with Crippen LogP contribution in [0.4, 0.5) is 13.2 Å². The molecule has 2 bridgehead atoms. The number of halogens is 3. The summed E-state index contributed by atoms with van der Waals surface area (Å²) >= 11 is 0. The number of rotatable bonds is 5. The summed E-state index contributed by atoms with van der Waals surface area (Å²) in [7, 11) is 1.08. The highest BCUT2D eigenvalue weighted by Crippen LogP contribution is 2.75. The molecule has 3 fully saturated rings. The molecule has 3 aliphatic carbocycles. The Morgan fingerprint density at radius 2 is 2.06 bits per heavy atom. The van der Waals surface area contributed by atoms with Gasteiger partial charge in [-0.3, -0.25) is 9.59 Å². The van der Waals surface area contributed by atoms with Crippen molar-refractivity contribution in [3.8, 4) is 0 Å². The summed E-state index contributed by atoms with van der Waals surface area (Å²) in [5, 5.41) is 7.20. The van der Waals surface area contributed by atoms with Crippen molar-refractivity contribution in [2.45, 2.75) is 45.2 Å². The zero-order chi connectivity index (χ0) is 22.9. The summed E-state index contributed by atoms with van der Waals surface area (Å²) in [4.78, 5) is 26.0. The van der Waals surface area contributed by atoms with Gasteiger partial charge in [0.1, 0.15) is 6.54 Å². The number of hydrogen-bond acceptors (Lipinski definition) is 3. The van der Waals surface area contributed by atoms with Gasteiger partial charge in [0.2, 0.25) is 0 Å². The third kappa shape index (κ3) is 3.65. The Kier molecular flexibility index (Phi) is 4.63. The maximum Gasteiger partial charge on any atom is 0.406 e. The first-order valence-electron chi connectivity index (χ1n) is 11.1. The molecular weight excluding hydrogens is 421 g/mol. The number of amides is 2. The molecule has 2 aromatic rings. The second-order valence-corrected chi connectivity index (χ2v) is 10.4. The monoisotopic (exact) mass is 448 g/mol. The van der Waals surface area contributed by atoms with Crippen LogP contribution < -0.4 is 5.32 Å². The second-order valence-electron chi connectivity index (χ2n) is 10.4. The number of carbonyl (C=O) groups excluding carboxylic acids is 2. The molecule has 2 aromatic heterocycles. The lowest BCUT2D eigenvalue weighted by atomic mass is 9.67. The molecule has 1 spiro atoms. The maximum absolute atomic E-state index is 13.0. The van der Waals surface area contributed by atoms with E-state index in [0.29, 0.717) is 33.9 Å². The summed E-state index contributed by atoms with van der Waals surface area (Å²) in [6.45, 7) is 1.57. The summed E-state index contributed by atoms with van der Waals surface area (Å²) in [6, 6.07) is 4.67. The zero-order valence-electron chi connectivity index (χ0n) is 18.2. The van der Waals surface area contributed by atoms with E-state index in [1.165, 1.54) is 36.3 Å². The topological polar surface area (TPSA) is 66.7 Å². The van der Waals surface area contributed by atoms with Crippen LogP contribution in [0.5, 0.6) is 0 Å². The first-order valence-corrected chi connectivity index (χ1v) is 11.1. The van der Waals surface area contributed by atoms with E-state index >= 15 is 0 Å². The van der Waals surface area contributed by atoms with E-state index in [9.17, 15) is 22.8 Å².